The van der Waals surface area contributed by atoms with Gasteiger partial charge in [0.25, 0.3) is 0 Å². The monoisotopic (exact) mass is 364 g/mol. The molecule has 1 atom stereocenters. The van der Waals surface area contributed by atoms with Crippen LogP contribution in [-0.2, 0) is 18.3 Å². The highest BCUT2D eigenvalue weighted by molar-refractivity contribution is 5.64. The van der Waals surface area contributed by atoms with E-state index in [0.717, 1.165) is 42.2 Å². The molecule has 0 N–H and O–H groups in total. The van der Waals surface area contributed by atoms with Crippen LogP contribution in [0.5, 0.6) is 5.75 Å². The molecular formula is C21H24N4O2. The predicted molar refractivity (Wildman–Crippen MR) is 103 cm³/mol. The van der Waals surface area contributed by atoms with Gasteiger partial charge in [-0.25, -0.2) is 0 Å². The predicted octanol–water partition coefficient (Wildman–Crippen LogP) is 3.06. The molecule has 6 nitrogen and oxygen atoms in total. The highest BCUT2D eigenvalue weighted by Gasteiger charge is 2.23. The van der Waals surface area contributed by atoms with E-state index in [4.69, 9.17) is 9.47 Å². The highest BCUT2D eigenvalue weighted by atomic mass is 16.5. The Hall–Kier alpha value is -2.70. The lowest BCUT2D eigenvalue weighted by atomic mass is 10.1. The first-order valence-corrected chi connectivity index (χ1v) is 9.13. The summed E-state index contributed by atoms with van der Waals surface area (Å²) in [5.74, 6) is 0.846. The van der Waals surface area contributed by atoms with Gasteiger partial charge in [-0.15, -0.1) is 0 Å². The van der Waals surface area contributed by atoms with E-state index in [0.29, 0.717) is 6.61 Å². The van der Waals surface area contributed by atoms with E-state index in [1.54, 1.807) is 7.11 Å². The number of methoxy groups -OCH3 is 1. The molecule has 0 spiro atoms. The fourth-order valence-corrected chi connectivity index (χ4v) is 3.41. The first-order valence-electron chi connectivity index (χ1n) is 9.13. The van der Waals surface area contributed by atoms with Gasteiger partial charge in [-0.2, -0.15) is 5.10 Å². The van der Waals surface area contributed by atoms with E-state index in [1.165, 1.54) is 5.56 Å². The van der Waals surface area contributed by atoms with Crippen molar-refractivity contribution in [2.75, 3.05) is 26.8 Å². The maximum atomic E-state index is 5.97. The summed E-state index contributed by atoms with van der Waals surface area (Å²) in [5, 5.41) is 4.25. The smallest absolute Gasteiger partial charge is 0.119 e. The summed E-state index contributed by atoms with van der Waals surface area (Å²) in [6.45, 7) is 3.35. The van der Waals surface area contributed by atoms with Crippen LogP contribution in [0.4, 0.5) is 0 Å². The van der Waals surface area contributed by atoms with Crippen molar-refractivity contribution in [1.29, 1.82) is 0 Å². The Morgan fingerprint density at radius 3 is 2.85 bits per heavy atom. The van der Waals surface area contributed by atoms with Crippen LogP contribution in [0.25, 0.3) is 11.1 Å². The van der Waals surface area contributed by atoms with E-state index in [1.807, 2.05) is 42.3 Å². The molecule has 27 heavy (non-hydrogen) atoms. The van der Waals surface area contributed by atoms with Crippen molar-refractivity contribution in [3.8, 4) is 16.9 Å². The Bertz CT molecular complexity index is 891. The minimum Gasteiger partial charge on any atom is -0.497 e. The fraction of sp³-hybridized carbons (Fsp3) is 0.333. The molecule has 2 aromatic heterocycles. The summed E-state index contributed by atoms with van der Waals surface area (Å²) in [5.41, 5.74) is 4.36. The molecule has 1 aliphatic rings. The molecule has 0 radical (unpaired) electrons. The lowest BCUT2D eigenvalue weighted by molar-refractivity contribution is -0.0349. The van der Waals surface area contributed by atoms with Gasteiger partial charge in [0.05, 0.1) is 25.6 Å². The third-order valence-corrected chi connectivity index (χ3v) is 4.83. The number of nitrogens with zero attached hydrogens (tertiary/aromatic N) is 4. The Morgan fingerprint density at radius 1 is 1.19 bits per heavy atom. The quantitative estimate of drug-likeness (QED) is 0.696. The first-order chi connectivity index (χ1) is 13.2. The number of aryl methyl sites for hydroxylation is 1. The number of aromatic nitrogens is 3. The molecule has 1 aliphatic heterocycles. The Kier molecular flexibility index (Phi) is 5.18. The van der Waals surface area contributed by atoms with Crippen molar-refractivity contribution >= 4 is 0 Å². The normalized spacial score (nSPS) is 17.8. The summed E-state index contributed by atoms with van der Waals surface area (Å²) in [4.78, 5) is 7.06. The van der Waals surface area contributed by atoms with Gasteiger partial charge >= 0.3 is 0 Å². The van der Waals surface area contributed by atoms with E-state index < -0.39 is 0 Å². The summed E-state index contributed by atoms with van der Waals surface area (Å²) in [6, 6.07) is 12.2. The van der Waals surface area contributed by atoms with E-state index in [-0.39, 0.29) is 6.10 Å². The van der Waals surface area contributed by atoms with Crippen LogP contribution in [0.15, 0.2) is 55.0 Å². The fourth-order valence-electron chi connectivity index (χ4n) is 3.41. The second-order valence-corrected chi connectivity index (χ2v) is 6.82. The molecule has 0 saturated carbocycles. The third-order valence-electron chi connectivity index (χ3n) is 4.83. The molecule has 1 fully saturated rings. The molecule has 0 aliphatic carbocycles. The van der Waals surface area contributed by atoms with Gasteiger partial charge in [-0.3, -0.25) is 14.6 Å². The lowest BCUT2D eigenvalue weighted by Gasteiger charge is -2.32. The van der Waals surface area contributed by atoms with Gasteiger partial charge in [-0.1, -0.05) is 18.2 Å². The molecule has 0 bridgehead atoms. The molecule has 3 aromatic rings. The summed E-state index contributed by atoms with van der Waals surface area (Å²) in [6.07, 6.45) is 5.89. The zero-order valence-electron chi connectivity index (χ0n) is 15.7. The minimum atomic E-state index is -0.00483. The van der Waals surface area contributed by atoms with Crippen LogP contribution < -0.4 is 4.74 Å². The summed E-state index contributed by atoms with van der Waals surface area (Å²) in [7, 11) is 3.62. The van der Waals surface area contributed by atoms with Crippen molar-refractivity contribution in [2.24, 2.45) is 7.05 Å². The van der Waals surface area contributed by atoms with Gasteiger partial charge in [0.2, 0.25) is 0 Å². The number of pyridine rings is 1. The van der Waals surface area contributed by atoms with Crippen LogP contribution >= 0.6 is 0 Å². The zero-order valence-corrected chi connectivity index (χ0v) is 15.7. The van der Waals surface area contributed by atoms with Crippen LogP contribution in [0.2, 0.25) is 0 Å². The summed E-state index contributed by atoms with van der Waals surface area (Å²) >= 11 is 0. The van der Waals surface area contributed by atoms with Gasteiger partial charge in [0, 0.05) is 50.2 Å². The van der Waals surface area contributed by atoms with Crippen LogP contribution in [0.3, 0.4) is 0 Å². The number of morpholine rings is 1. The third kappa shape index (κ3) is 4.18. The molecule has 140 valence electrons. The second kappa shape index (κ2) is 7.90. The van der Waals surface area contributed by atoms with E-state index in [9.17, 15) is 0 Å². The van der Waals surface area contributed by atoms with Crippen molar-refractivity contribution in [1.82, 2.24) is 19.7 Å². The molecule has 0 amide bonds. The van der Waals surface area contributed by atoms with Gasteiger partial charge in [0.1, 0.15) is 11.9 Å². The Morgan fingerprint density at radius 2 is 2.11 bits per heavy atom. The molecule has 6 heteroatoms. The molecular weight excluding hydrogens is 340 g/mol. The van der Waals surface area contributed by atoms with Gasteiger partial charge in [0.15, 0.2) is 0 Å². The highest BCUT2D eigenvalue weighted by Crippen LogP contribution is 2.26. The molecule has 1 aromatic carbocycles. The van der Waals surface area contributed by atoms with Gasteiger partial charge in [-0.05, 0) is 23.8 Å². The van der Waals surface area contributed by atoms with Gasteiger partial charge < -0.3 is 9.47 Å². The number of hydrogen-bond acceptors (Lipinski definition) is 5. The number of benzene rings is 1. The largest absolute Gasteiger partial charge is 0.497 e. The molecule has 1 unspecified atom stereocenters. The SMILES string of the molecule is COc1cccc(-c2ccc(C3CN(Cc4cnn(C)c4)CCO3)nc2)c1. The Labute approximate surface area is 159 Å². The van der Waals surface area contributed by atoms with Crippen molar-refractivity contribution in [2.45, 2.75) is 12.6 Å². The second-order valence-electron chi connectivity index (χ2n) is 6.82. The standard InChI is InChI=1S/C21H24N4O2/c1-24-13-16(11-23-24)14-25-8-9-27-21(15-25)20-7-6-18(12-22-20)17-4-3-5-19(10-17)26-2/h3-7,10-13,21H,8-9,14-15H2,1-2H3. The van der Waals surface area contributed by atoms with Crippen molar-refractivity contribution in [3.05, 3.63) is 66.2 Å². The van der Waals surface area contributed by atoms with E-state index in [2.05, 4.69) is 39.4 Å². The van der Waals surface area contributed by atoms with Crippen LogP contribution in [0, 0.1) is 0 Å². The minimum absolute atomic E-state index is 0.00483. The summed E-state index contributed by atoms with van der Waals surface area (Å²) < 4.78 is 13.1. The van der Waals surface area contributed by atoms with Crippen molar-refractivity contribution < 1.29 is 9.47 Å². The zero-order chi connectivity index (χ0) is 18.6. The van der Waals surface area contributed by atoms with E-state index >= 15 is 0 Å². The molecule has 3 heterocycles. The maximum Gasteiger partial charge on any atom is 0.119 e. The number of hydrogen-bond donors (Lipinski definition) is 0. The maximum absolute atomic E-state index is 5.97. The number of ether oxygens (including phenoxy) is 2. The molecule has 4 rings (SSSR count). The first kappa shape index (κ1) is 17.7. The van der Waals surface area contributed by atoms with Crippen molar-refractivity contribution in [3.63, 3.8) is 0 Å². The number of rotatable bonds is 5. The topological polar surface area (TPSA) is 52.4 Å². The average Bonchev–Trinajstić information content (AvgIpc) is 3.13. The van der Waals surface area contributed by atoms with Crippen LogP contribution in [-0.4, -0.2) is 46.5 Å². The van der Waals surface area contributed by atoms with Crippen LogP contribution in [0.1, 0.15) is 17.4 Å². The molecule has 1 saturated heterocycles. The lowest BCUT2D eigenvalue weighted by Crippen LogP contribution is -2.38. The average molecular weight is 364 g/mol. The Balaban J connectivity index is 1.44.